The Hall–Kier alpha value is -3.06. The number of amides is 1. The van der Waals surface area contributed by atoms with Gasteiger partial charge in [0.15, 0.2) is 6.10 Å². The lowest BCUT2D eigenvalue weighted by Gasteiger charge is -2.20. The zero-order valence-electron chi connectivity index (χ0n) is 16.9. The molecule has 0 aromatic heterocycles. The summed E-state index contributed by atoms with van der Waals surface area (Å²) in [5.41, 5.74) is 0.940. The number of halogens is 1. The van der Waals surface area contributed by atoms with Crippen molar-refractivity contribution < 1.29 is 28.6 Å². The number of nitrogens with zero attached hydrogens (tertiary/aromatic N) is 1. The molecule has 2 aromatic rings. The first-order valence-electron chi connectivity index (χ1n) is 9.36. The maximum atomic E-state index is 12.6. The molecule has 8 heteroatoms. The largest absolute Gasteiger partial charge is 0.497 e. The average Bonchev–Trinajstić information content (AvgIpc) is 3.14. The number of carbonyl (C=O) groups excluding carboxylic acids is 3. The molecular formula is C22H22ClNO6. The summed E-state index contributed by atoms with van der Waals surface area (Å²) in [5, 5.41) is 0.509. The number of Topliss-reactive ketones (excluding diaryl/α,β-unsaturated/α-hetero) is 1. The molecule has 0 aliphatic carbocycles. The van der Waals surface area contributed by atoms with E-state index in [0.717, 1.165) is 0 Å². The van der Waals surface area contributed by atoms with Crippen molar-refractivity contribution in [1.82, 2.24) is 0 Å². The third kappa shape index (κ3) is 4.57. The first kappa shape index (κ1) is 21.6. The molecule has 30 heavy (non-hydrogen) atoms. The second kappa shape index (κ2) is 9.17. The summed E-state index contributed by atoms with van der Waals surface area (Å²) in [7, 11) is 3.03. The predicted molar refractivity (Wildman–Crippen MR) is 111 cm³/mol. The zero-order chi connectivity index (χ0) is 21.8. The van der Waals surface area contributed by atoms with Crippen molar-refractivity contribution in [3.63, 3.8) is 0 Å². The number of anilines is 1. The van der Waals surface area contributed by atoms with Crippen molar-refractivity contribution in [2.75, 3.05) is 25.7 Å². The molecule has 2 atom stereocenters. The lowest BCUT2D eigenvalue weighted by molar-refractivity contribution is -0.151. The van der Waals surface area contributed by atoms with Gasteiger partial charge in [0.2, 0.25) is 11.7 Å². The molecule has 1 amide bonds. The number of methoxy groups -OCH3 is 2. The summed E-state index contributed by atoms with van der Waals surface area (Å²) >= 11 is 5.83. The fraction of sp³-hybridized carbons (Fsp3) is 0.318. The summed E-state index contributed by atoms with van der Waals surface area (Å²) < 4.78 is 15.9. The topological polar surface area (TPSA) is 82.1 Å². The highest BCUT2D eigenvalue weighted by molar-refractivity contribution is 6.30. The van der Waals surface area contributed by atoms with Crippen LogP contribution < -0.4 is 14.4 Å². The van der Waals surface area contributed by atoms with E-state index >= 15 is 0 Å². The molecule has 1 aliphatic rings. The molecule has 1 aliphatic heterocycles. The van der Waals surface area contributed by atoms with E-state index in [1.54, 1.807) is 42.5 Å². The standard InChI is InChI=1S/C22H22ClNO6/c1-13(21(26)14-4-6-16(23)7-5-14)30-22(27)15-10-20(25)24(12-15)18-9-8-17(28-2)11-19(18)29-3/h4-9,11,13,15H,10,12H2,1-3H3/t13-,15+/m1/s1. The van der Waals surface area contributed by atoms with Crippen LogP contribution in [-0.2, 0) is 14.3 Å². The van der Waals surface area contributed by atoms with E-state index in [9.17, 15) is 14.4 Å². The molecule has 158 valence electrons. The number of hydrogen-bond acceptors (Lipinski definition) is 6. The number of benzene rings is 2. The first-order valence-corrected chi connectivity index (χ1v) is 9.74. The molecule has 1 fully saturated rings. The minimum absolute atomic E-state index is 0.00410. The van der Waals surface area contributed by atoms with Gasteiger partial charge < -0.3 is 19.1 Å². The number of carbonyl (C=O) groups is 3. The Morgan fingerprint density at radius 1 is 1.10 bits per heavy atom. The van der Waals surface area contributed by atoms with Crippen LogP contribution in [0.1, 0.15) is 23.7 Å². The zero-order valence-corrected chi connectivity index (χ0v) is 17.6. The Kier molecular flexibility index (Phi) is 6.62. The SMILES string of the molecule is COc1ccc(N2C[C@@H](C(=O)O[C@H](C)C(=O)c3ccc(Cl)cc3)CC2=O)c(OC)c1. The average molecular weight is 432 g/mol. The van der Waals surface area contributed by atoms with Gasteiger partial charge in [-0.1, -0.05) is 11.6 Å². The normalized spacial score (nSPS) is 16.9. The number of ketones is 1. The van der Waals surface area contributed by atoms with Crippen LogP contribution in [0.15, 0.2) is 42.5 Å². The quantitative estimate of drug-likeness (QED) is 0.492. The van der Waals surface area contributed by atoms with Crippen molar-refractivity contribution in [3.8, 4) is 11.5 Å². The van der Waals surface area contributed by atoms with Gasteiger partial charge in [0.1, 0.15) is 11.5 Å². The summed E-state index contributed by atoms with van der Waals surface area (Å²) in [6.45, 7) is 1.65. The molecular weight excluding hydrogens is 410 g/mol. The summed E-state index contributed by atoms with van der Waals surface area (Å²) in [5.74, 6) is -0.774. The van der Waals surface area contributed by atoms with Crippen LogP contribution in [0.4, 0.5) is 5.69 Å². The second-order valence-corrected chi connectivity index (χ2v) is 7.33. The highest BCUT2D eigenvalue weighted by atomic mass is 35.5. The molecule has 3 rings (SSSR count). The second-order valence-electron chi connectivity index (χ2n) is 6.89. The van der Waals surface area contributed by atoms with Crippen LogP contribution in [0.5, 0.6) is 11.5 Å². The maximum Gasteiger partial charge on any atom is 0.312 e. The lowest BCUT2D eigenvalue weighted by Crippen LogP contribution is -2.30. The molecule has 2 aromatic carbocycles. The van der Waals surface area contributed by atoms with Gasteiger partial charge in [-0.05, 0) is 43.3 Å². The maximum absolute atomic E-state index is 12.6. The van der Waals surface area contributed by atoms with Gasteiger partial charge in [0, 0.05) is 29.6 Å². The van der Waals surface area contributed by atoms with Crippen LogP contribution in [-0.4, -0.2) is 44.5 Å². The van der Waals surface area contributed by atoms with Crippen LogP contribution in [0.2, 0.25) is 5.02 Å². The minimum Gasteiger partial charge on any atom is -0.497 e. The Labute approximate surface area is 179 Å². The van der Waals surface area contributed by atoms with Crippen molar-refractivity contribution in [2.24, 2.45) is 5.92 Å². The molecule has 0 N–H and O–H groups in total. The third-order valence-corrected chi connectivity index (χ3v) is 5.18. The molecule has 0 unspecified atom stereocenters. The number of esters is 1. The molecule has 0 saturated carbocycles. The van der Waals surface area contributed by atoms with Gasteiger partial charge in [0.25, 0.3) is 0 Å². The highest BCUT2D eigenvalue weighted by Gasteiger charge is 2.38. The third-order valence-electron chi connectivity index (χ3n) is 4.93. The first-order chi connectivity index (χ1) is 14.3. The van der Waals surface area contributed by atoms with Crippen LogP contribution >= 0.6 is 11.6 Å². The van der Waals surface area contributed by atoms with Gasteiger partial charge in [-0.3, -0.25) is 14.4 Å². The van der Waals surface area contributed by atoms with E-state index in [4.69, 9.17) is 25.8 Å². The van der Waals surface area contributed by atoms with Crippen molar-refractivity contribution >= 4 is 34.9 Å². The highest BCUT2D eigenvalue weighted by Crippen LogP contribution is 2.36. The van der Waals surface area contributed by atoms with Gasteiger partial charge >= 0.3 is 5.97 Å². The Morgan fingerprint density at radius 2 is 1.80 bits per heavy atom. The van der Waals surface area contributed by atoms with Gasteiger partial charge in [0.05, 0.1) is 25.8 Å². The van der Waals surface area contributed by atoms with Crippen LogP contribution in [0.25, 0.3) is 0 Å². The Balaban J connectivity index is 1.68. The summed E-state index contributed by atoms with van der Waals surface area (Å²) in [6.07, 6.45) is -0.978. The number of rotatable bonds is 7. The van der Waals surface area contributed by atoms with E-state index in [-0.39, 0.29) is 24.7 Å². The minimum atomic E-state index is -0.974. The van der Waals surface area contributed by atoms with E-state index < -0.39 is 18.0 Å². The fourth-order valence-corrected chi connectivity index (χ4v) is 3.41. The van der Waals surface area contributed by atoms with E-state index in [1.165, 1.54) is 26.0 Å². The smallest absolute Gasteiger partial charge is 0.312 e. The molecule has 0 spiro atoms. The van der Waals surface area contributed by atoms with E-state index in [1.807, 2.05) is 0 Å². The Morgan fingerprint density at radius 3 is 2.43 bits per heavy atom. The molecule has 1 heterocycles. The lowest BCUT2D eigenvalue weighted by atomic mass is 10.1. The van der Waals surface area contributed by atoms with Gasteiger partial charge in [-0.15, -0.1) is 0 Å². The van der Waals surface area contributed by atoms with Crippen molar-refractivity contribution in [1.29, 1.82) is 0 Å². The van der Waals surface area contributed by atoms with Crippen molar-refractivity contribution in [2.45, 2.75) is 19.4 Å². The molecule has 0 radical (unpaired) electrons. The monoisotopic (exact) mass is 431 g/mol. The summed E-state index contributed by atoms with van der Waals surface area (Å²) in [4.78, 5) is 39.1. The van der Waals surface area contributed by atoms with E-state index in [0.29, 0.717) is 27.8 Å². The predicted octanol–water partition coefficient (Wildman–Crippen LogP) is 3.52. The van der Waals surface area contributed by atoms with Crippen LogP contribution in [0.3, 0.4) is 0 Å². The molecule has 7 nitrogen and oxygen atoms in total. The van der Waals surface area contributed by atoms with Crippen LogP contribution in [0, 0.1) is 5.92 Å². The van der Waals surface area contributed by atoms with Gasteiger partial charge in [-0.2, -0.15) is 0 Å². The summed E-state index contributed by atoms with van der Waals surface area (Å²) in [6, 6.07) is 11.4. The number of ether oxygens (including phenoxy) is 3. The van der Waals surface area contributed by atoms with E-state index in [2.05, 4.69) is 0 Å². The van der Waals surface area contributed by atoms with Crippen molar-refractivity contribution in [3.05, 3.63) is 53.1 Å². The molecule has 0 bridgehead atoms. The number of hydrogen-bond donors (Lipinski definition) is 0. The molecule has 1 saturated heterocycles. The Bertz CT molecular complexity index is 959. The fourth-order valence-electron chi connectivity index (χ4n) is 3.28. The van der Waals surface area contributed by atoms with Gasteiger partial charge in [-0.25, -0.2) is 0 Å².